The SMILES string of the molecule is CS(=O)(=O)c1ccc([C@@H](CC2CCC(C=O)C2)C(=O)O)cc1Cl. The Hall–Kier alpha value is -1.40. The van der Waals surface area contributed by atoms with Crippen molar-refractivity contribution >= 4 is 33.7 Å². The van der Waals surface area contributed by atoms with E-state index < -0.39 is 21.7 Å². The molecule has 5 nitrogen and oxygen atoms in total. The quantitative estimate of drug-likeness (QED) is 0.790. The van der Waals surface area contributed by atoms with E-state index in [1.54, 1.807) is 0 Å². The van der Waals surface area contributed by atoms with Gasteiger partial charge < -0.3 is 9.90 Å². The van der Waals surface area contributed by atoms with Crippen molar-refractivity contribution in [2.24, 2.45) is 11.8 Å². The normalized spacial score (nSPS) is 22.7. The molecule has 0 bridgehead atoms. The van der Waals surface area contributed by atoms with Gasteiger partial charge in [-0.1, -0.05) is 17.7 Å². The summed E-state index contributed by atoms with van der Waals surface area (Å²) < 4.78 is 23.2. The van der Waals surface area contributed by atoms with Crippen molar-refractivity contribution in [1.29, 1.82) is 0 Å². The fraction of sp³-hybridized carbons (Fsp3) is 0.500. The fourth-order valence-corrected chi connectivity index (χ4v) is 4.54. The molecular formula is C16H19ClO5S. The Morgan fingerprint density at radius 1 is 1.43 bits per heavy atom. The largest absolute Gasteiger partial charge is 0.481 e. The van der Waals surface area contributed by atoms with Crippen LogP contribution in [0.25, 0.3) is 0 Å². The number of hydrogen-bond acceptors (Lipinski definition) is 4. The maximum Gasteiger partial charge on any atom is 0.310 e. The lowest BCUT2D eigenvalue weighted by atomic mass is 9.87. The Bertz CT molecular complexity index is 713. The van der Waals surface area contributed by atoms with Crippen molar-refractivity contribution in [3.63, 3.8) is 0 Å². The average Bonchev–Trinajstić information content (AvgIpc) is 2.90. The monoisotopic (exact) mass is 358 g/mol. The number of carbonyl (C=O) groups is 2. The Morgan fingerprint density at radius 3 is 2.61 bits per heavy atom. The molecule has 0 amide bonds. The van der Waals surface area contributed by atoms with Gasteiger partial charge in [-0.3, -0.25) is 4.79 Å². The van der Waals surface area contributed by atoms with Gasteiger partial charge in [0, 0.05) is 12.2 Å². The second-order valence-corrected chi connectivity index (χ2v) is 8.56. The van der Waals surface area contributed by atoms with Crippen LogP contribution in [0.15, 0.2) is 23.1 Å². The standard InChI is InChI=1S/C16H19ClO5S/c1-23(21,22)15-5-4-12(8-14(15)17)13(16(19)20)7-10-2-3-11(6-10)9-18/h4-5,8-11,13H,2-3,6-7H2,1H3,(H,19,20)/t10?,11?,13-/m1/s1. The molecule has 0 spiro atoms. The van der Waals surface area contributed by atoms with E-state index in [9.17, 15) is 23.1 Å². The zero-order valence-electron chi connectivity index (χ0n) is 12.7. The summed E-state index contributed by atoms with van der Waals surface area (Å²) in [7, 11) is -3.45. The minimum Gasteiger partial charge on any atom is -0.481 e. The first-order valence-corrected chi connectivity index (χ1v) is 9.67. The Labute approximate surface area is 140 Å². The molecule has 23 heavy (non-hydrogen) atoms. The van der Waals surface area contributed by atoms with Crippen LogP contribution in [0.1, 0.15) is 37.2 Å². The van der Waals surface area contributed by atoms with E-state index in [2.05, 4.69) is 0 Å². The molecule has 126 valence electrons. The zero-order valence-corrected chi connectivity index (χ0v) is 14.3. The highest BCUT2D eigenvalue weighted by Gasteiger charge is 2.30. The van der Waals surface area contributed by atoms with Crippen molar-refractivity contribution < 1.29 is 23.1 Å². The van der Waals surface area contributed by atoms with E-state index >= 15 is 0 Å². The third-order valence-electron chi connectivity index (χ3n) is 4.40. The predicted octanol–water partition coefficient (Wildman–Crippen LogP) is 2.92. The van der Waals surface area contributed by atoms with E-state index in [0.29, 0.717) is 18.4 Å². The summed E-state index contributed by atoms with van der Waals surface area (Å²) in [6.45, 7) is 0. The first-order valence-electron chi connectivity index (χ1n) is 7.40. The van der Waals surface area contributed by atoms with Crippen LogP contribution in [-0.2, 0) is 19.4 Å². The van der Waals surface area contributed by atoms with Crippen molar-refractivity contribution in [1.82, 2.24) is 0 Å². The van der Waals surface area contributed by atoms with Gasteiger partial charge in [0.15, 0.2) is 9.84 Å². The Kier molecular flexibility index (Phi) is 5.47. The number of carboxylic acids is 1. The van der Waals surface area contributed by atoms with Gasteiger partial charge in [-0.2, -0.15) is 0 Å². The summed E-state index contributed by atoms with van der Waals surface area (Å²) in [5.41, 5.74) is 0.490. The molecule has 1 aliphatic carbocycles. The molecule has 1 aromatic carbocycles. The minimum absolute atomic E-state index is 0.00561. The van der Waals surface area contributed by atoms with E-state index in [4.69, 9.17) is 11.6 Å². The molecule has 3 atom stereocenters. The van der Waals surface area contributed by atoms with Gasteiger partial charge in [0.25, 0.3) is 0 Å². The topological polar surface area (TPSA) is 88.5 Å². The molecule has 0 radical (unpaired) electrons. The van der Waals surface area contributed by atoms with Crippen molar-refractivity contribution in [3.05, 3.63) is 28.8 Å². The summed E-state index contributed by atoms with van der Waals surface area (Å²) in [6.07, 6.45) is 4.77. The zero-order chi connectivity index (χ0) is 17.2. The number of sulfone groups is 1. The van der Waals surface area contributed by atoms with E-state index in [1.807, 2.05) is 0 Å². The Morgan fingerprint density at radius 2 is 2.13 bits per heavy atom. The van der Waals surface area contributed by atoms with Gasteiger partial charge in [0.1, 0.15) is 6.29 Å². The molecule has 0 heterocycles. The molecule has 0 aromatic heterocycles. The molecule has 1 N–H and O–H groups in total. The maximum absolute atomic E-state index is 11.6. The number of carbonyl (C=O) groups excluding carboxylic acids is 1. The highest BCUT2D eigenvalue weighted by Crippen LogP contribution is 2.38. The molecule has 1 aromatic rings. The molecule has 0 saturated heterocycles. The third-order valence-corrected chi connectivity index (χ3v) is 5.98. The van der Waals surface area contributed by atoms with Crippen molar-refractivity contribution in [3.8, 4) is 0 Å². The van der Waals surface area contributed by atoms with Crippen LogP contribution in [0.2, 0.25) is 5.02 Å². The lowest BCUT2D eigenvalue weighted by molar-refractivity contribution is -0.139. The van der Waals surface area contributed by atoms with Crippen LogP contribution in [0.4, 0.5) is 0 Å². The van der Waals surface area contributed by atoms with Gasteiger partial charge in [-0.15, -0.1) is 0 Å². The number of aliphatic carboxylic acids is 1. The van der Waals surface area contributed by atoms with Crippen LogP contribution in [0.3, 0.4) is 0 Å². The number of benzene rings is 1. The first kappa shape index (κ1) is 17.9. The van der Waals surface area contributed by atoms with E-state index in [0.717, 1.165) is 25.4 Å². The molecule has 1 saturated carbocycles. The molecule has 2 rings (SSSR count). The van der Waals surface area contributed by atoms with Gasteiger partial charge in [-0.25, -0.2) is 8.42 Å². The Balaban J connectivity index is 2.23. The number of halogens is 1. The van der Waals surface area contributed by atoms with E-state index in [-0.39, 0.29) is 21.8 Å². The molecule has 7 heteroatoms. The smallest absolute Gasteiger partial charge is 0.310 e. The maximum atomic E-state index is 11.6. The minimum atomic E-state index is -3.45. The average molecular weight is 359 g/mol. The number of aldehydes is 1. The van der Waals surface area contributed by atoms with Crippen LogP contribution < -0.4 is 0 Å². The van der Waals surface area contributed by atoms with Crippen LogP contribution >= 0.6 is 11.6 Å². The summed E-state index contributed by atoms with van der Waals surface area (Å²) in [6, 6.07) is 4.28. The summed E-state index contributed by atoms with van der Waals surface area (Å²) in [4.78, 5) is 22.4. The van der Waals surface area contributed by atoms with Crippen LogP contribution in [-0.4, -0.2) is 32.0 Å². The van der Waals surface area contributed by atoms with Gasteiger partial charge >= 0.3 is 5.97 Å². The molecule has 0 aliphatic heterocycles. The van der Waals surface area contributed by atoms with Gasteiger partial charge in [0.05, 0.1) is 15.8 Å². The highest BCUT2D eigenvalue weighted by molar-refractivity contribution is 7.90. The first-order chi connectivity index (χ1) is 10.7. The lowest BCUT2D eigenvalue weighted by Gasteiger charge is -2.18. The fourth-order valence-electron chi connectivity index (χ4n) is 3.20. The summed E-state index contributed by atoms with van der Waals surface area (Å²) >= 11 is 6.01. The van der Waals surface area contributed by atoms with Crippen LogP contribution in [0, 0.1) is 11.8 Å². The van der Waals surface area contributed by atoms with Crippen molar-refractivity contribution in [2.45, 2.75) is 36.5 Å². The lowest BCUT2D eigenvalue weighted by Crippen LogP contribution is -2.16. The van der Waals surface area contributed by atoms with Crippen molar-refractivity contribution in [2.75, 3.05) is 6.26 Å². The molecule has 1 aliphatic rings. The second kappa shape index (κ2) is 7.01. The highest BCUT2D eigenvalue weighted by atomic mass is 35.5. The molecule has 2 unspecified atom stereocenters. The summed E-state index contributed by atoms with van der Waals surface area (Å²) in [5.74, 6) is -1.52. The van der Waals surface area contributed by atoms with Gasteiger partial charge in [0.2, 0.25) is 0 Å². The van der Waals surface area contributed by atoms with Gasteiger partial charge in [-0.05, 0) is 49.3 Å². The third kappa shape index (κ3) is 4.32. The van der Waals surface area contributed by atoms with Crippen LogP contribution in [0.5, 0.6) is 0 Å². The van der Waals surface area contributed by atoms with E-state index in [1.165, 1.54) is 18.2 Å². The molecular weight excluding hydrogens is 340 g/mol. The number of carboxylic acid groups (broad SMARTS) is 1. The summed E-state index contributed by atoms with van der Waals surface area (Å²) in [5, 5.41) is 9.53. The number of rotatable bonds is 6. The second-order valence-electron chi connectivity index (χ2n) is 6.16. The number of hydrogen-bond donors (Lipinski definition) is 1. The molecule has 1 fully saturated rings. The predicted molar refractivity (Wildman–Crippen MR) is 86.5 cm³/mol.